The maximum atomic E-state index is 13.1. The molecule has 0 aromatic heterocycles. The van der Waals surface area contributed by atoms with Crippen LogP contribution in [0.2, 0.25) is 5.02 Å². The second-order valence-corrected chi connectivity index (χ2v) is 6.65. The van der Waals surface area contributed by atoms with Crippen LogP contribution in [0.25, 0.3) is 0 Å². The number of aliphatic carboxylic acids is 1. The van der Waals surface area contributed by atoms with Crippen LogP contribution < -0.4 is 9.47 Å². The Morgan fingerprint density at radius 3 is 2.21 bits per heavy atom. The van der Waals surface area contributed by atoms with Gasteiger partial charge >= 0.3 is 18.3 Å². The van der Waals surface area contributed by atoms with Gasteiger partial charge in [0.15, 0.2) is 0 Å². The zero-order valence-corrected chi connectivity index (χ0v) is 14.9. The van der Waals surface area contributed by atoms with Gasteiger partial charge in [0.2, 0.25) is 6.10 Å². The third-order valence-corrected chi connectivity index (χ3v) is 4.48. The minimum atomic E-state index is -4.92. The topological polar surface area (TPSA) is 55.8 Å². The van der Waals surface area contributed by atoms with Crippen LogP contribution >= 0.6 is 11.6 Å². The Morgan fingerprint density at radius 2 is 1.69 bits per heavy atom. The highest BCUT2D eigenvalue weighted by atomic mass is 35.5. The molecule has 0 saturated heterocycles. The van der Waals surface area contributed by atoms with Gasteiger partial charge in [0.25, 0.3) is 0 Å². The van der Waals surface area contributed by atoms with Gasteiger partial charge in [-0.3, -0.25) is 4.79 Å². The summed E-state index contributed by atoms with van der Waals surface area (Å²) < 4.78 is 87.4. The molecule has 0 saturated carbocycles. The molecule has 1 aliphatic rings. The molecule has 1 N–H and O–H groups in total. The number of rotatable bonds is 3. The van der Waals surface area contributed by atoms with Crippen LogP contribution in [0.3, 0.4) is 0 Å². The lowest BCUT2D eigenvalue weighted by Gasteiger charge is -2.33. The maximum absolute atomic E-state index is 13.1. The molecule has 0 amide bonds. The van der Waals surface area contributed by atoms with Gasteiger partial charge in [-0.25, -0.2) is 0 Å². The third-order valence-electron chi connectivity index (χ3n) is 4.20. The Labute approximate surface area is 164 Å². The van der Waals surface area contributed by atoms with Crippen molar-refractivity contribution in [2.75, 3.05) is 0 Å². The lowest BCUT2D eigenvalue weighted by Crippen LogP contribution is -2.47. The van der Waals surface area contributed by atoms with Gasteiger partial charge < -0.3 is 14.6 Å². The van der Waals surface area contributed by atoms with Gasteiger partial charge in [0.1, 0.15) is 23.2 Å². The molecule has 2 atom stereocenters. The molecular weight excluding hydrogens is 430 g/mol. The average Bonchev–Trinajstić information content (AvgIpc) is 2.59. The maximum Gasteiger partial charge on any atom is 0.426 e. The largest absolute Gasteiger partial charge is 0.481 e. The third kappa shape index (κ3) is 4.52. The van der Waals surface area contributed by atoms with Crippen LogP contribution in [-0.4, -0.2) is 23.4 Å². The molecule has 29 heavy (non-hydrogen) atoms. The van der Waals surface area contributed by atoms with Crippen molar-refractivity contribution in [3.63, 3.8) is 0 Å². The van der Waals surface area contributed by atoms with E-state index in [1.807, 2.05) is 0 Å². The molecular formula is C18H11ClF6O4. The molecule has 1 heterocycles. The van der Waals surface area contributed by atoms with Gasteiger partial charge in [0.05, 0.1) is 10.6 Å². The van der Waals surface area contributed by atoms with Crippen molar-refractivity contribution >= 4 is 17.6 Å². The fraction of sp³-hybridized carbons (Fsp3) is 0.278. The van der Waals surface area contributed by atoms with Crippen molar-refractivity contribution in [2.24, 2.45) is 5.92 Å². The van der Waals surface area contributed by atoms with Crippen LogP contribution in [-0.2, 0) is 17.4 Å². The second-order valence-electron chi connectivity index (χ2n) is 6.25. The van der Waals surface area contributed by atoms with E-state index in [0.717, 1.165) is 30.3 Å². The molecule has 4 nitrogen and oxygen atoms in total. The first-order valence-corrected chi connectivity index (χ1v) is 8.38. The smallest absolute Gasteiger partial charge is 0.426 e. The van der Waals surface area contributed by atoms with Crippen LogP contribution in [0.4, 0.5) is 26.3 Å². The zero-order valence-electron chi connectivity index (χ0n) is 14.1. The van der Waals surface area contributed by atoms with Gasteiger partial charge in [-0.05, 0) is 36.8 Å². The lowest BCUT2D eigenvalue weighted by atomic mass is 9.90. The SMILES string of the molecule is O=C(O)C1Cc2cc(Oc3ccc(C(F)(F)F)cc3)cc(Cl)c2OC1C(F)(F)F. The first kappa shape index (κ1) is 21.1. The zero-order chi connectivity index (χ0) is 21.6. The predicted molar refractivity (Wildman–Crippen MR) is 88.3 cm³/mol. The minimum Gasteiger partial charge on any atom is -0.481 e. The van der Waals surface area contributed by atoms with Crippen LogP contribution in [0, 0.1) is 5.92 Å². The molecule has 156 valence electrons. The van der Waals surface area contributed by atoms with E-state index in [-0.39, 0.29) is 27.8 Å². The van der Waals surface area contributed by atoms with E-state index >= 15 is 0 Å². The number of carboxylic acid groups (broad SMARTS) is 1. The van der Waals surface area contributed by atoms with E-state index in [9.17, 15) is 31.1 Å². The molecule has 2 unspecified atom stereocenters. The summed E-state index contributed by atoms with van der Waals surface area (Å²) in [4.78, 5) is 11.3. The summed E-state index contributed by atoms with van der Waals surface area (Å²) in [5.74, 6) is -3.87. The molecule has 1 aliphatic heterocycles. The standard InChI is InChI=1S/C18H11ClF6O4/c19-13-7-11(28-10-3-1-9(2-4-10)17(20,21)22)5-8-6-12(16(26)27)15(18(23,24)25)29-14(8)13/h1-5,7,12,15H,6H2,(H,26,27). The molecule has 0 radical (unpaired) electrons. The minimum absolute atomic E-state index is 0.00621. The molecule has 0 spiro atoms. The van der Waals surface area contributed by atoms with Gasteiger partial charge in [0, 0.05) is 11.6 Å². The molecule has 3 rings (SSSR count). The monoisotopic (exact) mass is 440 g/mol. The summed E-state index contributed by atoms with van der Waals surface area (Å²) in [5.41, 5.74) is -0.809. The molecule has 0 bridgehead atoms. The van der Waals surface area contributed by atoms with Crippen LogP contribution in [0.5, 0.6) is 17.2 Å². The van der Waals surface area contributed by atoms with E-state index in [1.165, 1.54) is 6.07 Å². The van der Waals surface area contributed by atoms with E-state index in [0.29, 0.717) is 0 Å². The highest BCUT2D eigenvalue weighted by molar-refractivity contribution is 6.32. The number of hydrogen-bond donors (Lipinski definition) is 1. The Hall–Kier alpha value is -2.62. The van der Waals surface area contributed by atoms with E-state index in [1.54, 1.807) is 0 Å². The van der Waals surface area contributed by atoms with Gasteiger partial charge in [-0.1, -0.05) is 11.6 Å². The van der Waals surface area contributed by atoms with E-state index in [2.05, 4.69) is 0 Å². The number of benzene rings is 2. The summed E-state index contributed by atoms with van der Waals surface area (Å²) in [6.45, 7) is 0. The number of carbonyl (C=O) groups is 1. The summed E-state index contributed by atoms with van der Waals surface area (Å²) in [7, 11) is 0. The summed E-state index contributed by atoms with van der Waals surface area (Å²) in [5, 5.41) is 8.88. The number of halogens is 7. The average molecular weight is 441 g/mol. The molecule has 2 aromatic rings. The Balaban J connectivity index is 1.89. The number of ether oxygens (including phenoxy) is 2. The lowest BCUT2D eigenvalue weighted by molar-refractivity contribution is -0.217. The van der Waals surface area contributed by atoms with Crippen LogP contribution in [0.15, 0.2) is 36.4 Å². The Morgan fingerprint density at radius 1 is 1.07 bits per heavy atom. The summed E-state index contributed by atoms with van der Waals surface area (Å²) >= 11 is 5.97. The Kier molecular flexibility index (Phi) is 5.33. The van der Waals surface area contributed by atoms with Crippen molar-refractivity contribution in [3.05, 3.63) is 52.5 Å². The molecule has 2 aromatic carbocycles. The van der Waals surface area contributed by atoms with Gasteiger partial charge in [-0.2, -0.15) is 26.3 Å². The van der Waals surface area contributed by atoms with E-state index in [4.69, 9.17) is 26.2 Å². The van der Waals surface area contributed by atoms with E-state index < -0.39 is 42.3 Å². The molecule has 11 heteroatoms. The normalized spacial score (nSPS) is 19.3. The quantitative estimate of drug-likeness (QED) is 0.620. The summed E-state index contributed by atoms with van der Waals surface area (Å²) in [6, 6.07) is 6.09. The first-order valence-electron chi connectivity index (χ1n) is 8.00. The van der Waals surface area contributed by atoms with Crippen molar-refractivity contribution in [3.8, 4) is 17.2 Å². The number of alkyl halides is 6. The van der Waals surface area contributed by atoms with Crippen molar-refractivity contribution in [2.45, 2.75) is 24.9 Å². The first-order chi connectivity index (χ1) is 13.4. The van der Waals surface area contributed by atoms with Crippen molar-refractivity contribution < 1.29 is 45.7 Å². The number of fused-ring (bicyclic) bond motifs is 1. The molecule has 0 fully saturated rings. The fourth-order valence-corrected chi connectivity index (χ4v) is 3.15. The van der Waals surface area contributed by atoms with Crippen LogP contribution in [0.1, 0.15) is 11.1 Å². The highest BCUT2D eigenvalue weighted by Gasteiger charge is 2.52. The molecule has 0 aliphatic carbocycles. The predicted octanol–water partition coefficient (Wildman–Crippen LogP) is 5.72. The van der Waals surface area contributed by atoms with Crippen molar-refractivity contribution in [1.82, 2.24) is 0 Å². The second kappa shape index (κ2) is 7.33. The summed E-state index contributed by atoms with van der Waals surface area (Å²) in [6.07, 6.45) is -12.5. The highest BCUT2D eigenvalue weighted by Crippen LogP contribution is 2.44. The van der Waals surface area contributed by atoms with Gasteiger partial charge in [-0.15, -0.1) is 0 Å². The number of carboxylic acids is 1. The fourth-order valence-electron chi connectivity index (χ4n) is 2.88. The Bertz CT molecular complexity index is 924. The van der Waals surface area contributed by atoms with Crippen molar-refractivity contribution in [1.29, 1.82) is 0 Å². The number of hydrogen-bond acceptors (Lipinski definition) is 3.